The molecule has 13 rings (SSSR count). The van der Waals surface area contributed by atoms with Gasteiger partial charge in [0.25, 0.3) is 0 Å². The first-order chi connectivity index (χ1) is 34.2. The lowest BCUT2D eigenvalue weighted by atomic mass is 9.97. The maximum Gasteiger partial charge on any atom is 0.136 e. The molecule has 3 nitrogen and oxygen atoms in total. The Hall–Kier alpha value is -9.18. The summed E-state index contributed by atoms with van der Waals surface area (Å²) in [6, 6.07) is 96.1. The van der Waals surface area contributed by atoms with Crippen molar-refractivity contribution in [1.82, 2.24) is 4.57 Å². The standard InChI is InChI=1S/C66H44N2O/c1-2-13-45(14-3-1)46-27-29-49(30-28-46)52-15-10-17-56(43-52)67(54-39-35-48(36-40-54)47-31-33-51(34-32-47)58-22-12-26-65-66(58)61-21-6-9-25-64(61)69-65)55-41-37-50(38-42-55)53-16-11-18-57(44-53)68-62-23-7-4-19-59(62)60-20-5-8-24-63(60)68/h1-44H. The molecule has 2 heterocycles. The Morgan fingerprint density at radius 3 is 1.33 bits per heavy atom. The summed E-state index contributed by atoms with van der Waals surface area (Å²) in [4.78, 5) is 2.36. The molecule has 0 unspecified atom stereocenters. The van der Waals surface area contributed by atoms with Crippen LogP contribution in [0.3, 0.4) is 0 Å². The fraction of sp³-hybridized carbons (Fsp3) is 0. The Balaban J connectivity index is 0.851. The molecule has 3 heteroatoms. The van der Waals surface area contributed by atoms with E-state index >= 15 is 0 Å². The SMILES string of the molecule is c1ccc(-c2ccc(-c3cccc(N(c4ccc(-c5ccc(-c6cccc7oc8ccccc8c67)cc5)cc4)c4ccc(-c5cccc(-n6c7ccccc7c7ccccc76)c5)cc4)c3)cc2)cc1. The smallest absolute Gasteiger partial charge is 0.136 e. The second kappa shape index (κ2) is 16.9. The molecule has 0 amide bonds. The van der Waals surface area contributed by atoms with Crippen molar-refractivity contribution in [2.75, 3.05) is 4.90 Å². The van der Waals surface area contributed by atoms with Gasteiger partial charge in [-0.3, -0.25) is 0 Å². The third-order valence-corrected chi connectivity index (χ3v) is 13.6. The maximum atomic E-state index is 6.21. The van der Waals surface area contributed by atoms with Crippen LogP contribution in [0.15, 0.2) is 271 Å². The summed E-state index contributed by atoms with van der Waals surface area (Å²) in [5.41, 5.74) is 20.3. The molecule has 324 valence electrons. The van der Waals surface area contributed by atoms with Crippen LogP contribution < -0.4 is 4.90 Å². The quantitative estimate of drug-likeness (QED) is 0.144. The molecule has 69 heavy (non-hydrogen) atoms. The highest BCUT2D eigenvalue weighted by atomic mass is 16.3. The lowest BCUT2D eigenvalue weighted by molar-refractivity contribution is 0.669. The lowest BCUT2D eigenvalue weighted by Gasteiger charge is -2.26. The van der Waals surface area contributed by atoms with Gasteiger partial charge in [0, 0.05) is 44.3 Å². The van der Waals surface area contributed by atoms with Crippen molar-refractivity contribution in [1.29, 1.82) is 0 Å². The van der Waals surface area contributed by atoms with Crippen LogP contribution in [0.4, 0.5) is 17.1 Å². The molecule has 0 fully saturated rings. The van der Waals surface area contributed by atoms with Crippen LogP contribution in [0.5, 0.6) is 0 Å². The molecule has 0 radical (unpaired) electrons. The van der Waals surface area contributed by atoms with Crippen LogP contribution in [-0.4, -0.2) is 4.57 Å². The third-order valence-electron chi connectivity index (χ3n) is 13.6. The lowest BCUT2D eigenvalue weighted by Crippen LogP contribution is -2.10. The number of hydrogen-bond acceptors (Lipinski definition) is 2. The number of hydrogen-bond donors (Lipinski definition) is 0. The van der Waals surface area contributed by atoms with Crippen LogP contribution in [0, 0.1) is 0 Å². The molecule has 0 spiro atoms. The van der Waals surface area contributed by atoms with E-state index in [1.807, 2.05) is 12.1 Å². The van der Waals surface area contributed by atoms with Crippen molar-refractivity contribution in [2.45, 2.75) is 0 Å². The normalized spacial score (nSPS) is 11.5. The molecule has 0 aliphatic rings. The number of rotatable bonds is 9. The van der Waals surface area contributed by atoms with E-state index < -0.39 is 0 Å². The number of fused-ring (bicyclic) bond motifs is 6. The maximum absolute atomic E-state index is 6.21. The average Bonchev–Trinajstić information content (AvgIpc) is 3.98. The molecule has 0 atom stereocenters. The fourth-order valence-corrected chi connectivity index (χ4v) is 10.2. The van der Waals surface area contributed by atoms with E-state index in [0.29, 0.717) is 0 Å². The second-order valence-corrected chi connectivity index (χ2v) is 17.7. The molecule has 13 aromatic rings. The molecule has 0 saturated heterocycles. The molecule has 0 N–H and O–H groups in total. The molecule has 11 aromatic carbocycles. The van der Waals surface area contributed by atoms with Gasteiger partial charge in [-0.15, -0.1) is 0 Å². The summed E-state index contributed by atoms with van der Waals surface area (Å²) in [6.07, 6.45) is 0. The topological polar surface area (TPSA) is 21.3 Å². The molecular weight excluding hydrogens is 837 g/mol. The van der Waals surface area contributed by atoms with Crippen molar-refractivity contribution in [3.8, 4) is 61.3 Å². The van der Waals surface area contributed by atoms with E-state index in [0.717, 1.165) is 72.5 Å². The minimum Gasteiger partial charge on any atom is -0.456 e. The fourth-order valence-electron chi connectivity index (χ4n) is 10.2. The highest BCUT2D eigenvalue weighted by Gasteiger charge is 2.17. The van der Waals surface area contributed by atoms with Crippen LogP contribution in [-0.2, 0) is 0 Å². The first-order valence-corrected chi connectivity index (χ1v) is 23.6. The highest BCUT2D eigenvalue weighted by molar-refractivity contribution is 6.12. The summed E-state index contributed by atoms with van der Waals surface area (Å²) >= 11 is 0. The van der Waals surface area contributed by atoms with Crippen LogP contribution in [0.1, 0.15) is 0 Å². The van der Waals surface area contributed by atoms with Gasteiger partial charge >= 0.3 is 0 Å². The van der Waals surface area contributed by atoms with Crippen molar-refractivity contribution in [3.63, 3.8) is 0 Å². The predicted molar refractivity (Wildman–Crippen MR) is 290 cm³/mol. The Morgan fingerprint density at radius 1 is 0.275 bits per heavy atom. The van der Waals surface area contributed by atoms with E-state index in [2.05, 4.69) is 264 Å². The molecule has 0 aliphatic carbocycles. The zero-order chi connectivity index (χ0) is 45.7. The summed E-state index contributed by atoms with van der Waals surface area (Å²) in [7, 11) is 0. The van der Waals surface area contributed by atoms with Gasteiger partial charge in [0.05, 0.1) is 11.0 Å². The molecule has 0 aliphatic heterocycles. The zero-order valence-electron chi connectivity index (χ0n) is 37.7. The van der Waals surface area contributed by atoms with Crippen LogP contribution in [0.25, 0.3) is 105 Å². The van der Waals surface area contributed by atoms with Crippen LogP contribution >= 0.6 is 0 Å². The number of aromatic nitrogens is 1. The van der Waals surface area contributed by atoms with Crippen molar-refractivity contribution in [2.24, 2.45) is 0 Å². The minimum atomic E-state index is 0.906. The highest BCUT2D eigenvalue weighted by Crippen LogP contribution is 2.41. The van der Waals surface area contributed by atoms with Gasteiger partial charge in [-0.1, -0.05) is 194 Å². The Kier molecular flexibility index (Phi) is 9.84. The first-order valence-electron chi connectivity index (χ1n) is 23.6. The zero-order valence-corrected chi connectivity index (χ0v) is 37.7. The average molecular weight is 881 g/mol. The Labute approximate surface area is 401 Å². The number of furan rings is 1. The van der Waals surface area contributed by atoms with Crippen molar-refractivity contribution >= 4 is 60.8 Å². The van der Waals surface area contributed by atoms with E-state index in [9.17, 15) is 0 Å². The second-order valence-electron chi connectivity index (χ2n) is 17.7. The van der Waals surface area contributed by atoms with Gasteiger partial charge in [0.2, 0.25) is 0 Å². The van der Waals surface area contributed by atoms with E-state index in [1.165, 1.54) is 49.6 Å². The Morgan fingerprint density at radius 2 is 0.710 bits per heavy atom. The summed E-state index contributed by atoms with van der Waals surface area (Å²) in [5.74, 6) is 0. The number of nitrogens with zero attached hydrogens (tertiary/aromatic N) is 2. The minimum absolute atomic E-state index is 0.906. The number of anilines is 3. The predicted octanol–water partition coefficient (Wildman–Crippen LogP) is 18.5. The van der Waals surface area contributed by atoms with Gasteiger partial charge in [-0.25, -0.2) is 0 Å². The van der Waals surface area contributed by atoms with Gasteiger partial charge < -0.3 is 13.9 Å². The third kappa shape index (κ3) is 7.25. The molecule has 0 bridgehead atoms. The van der Waals surface area contributed by atoms with Gasteiger partial charge in [0.1, 0.15) is 11.2 Å². The number of benzene rings is 11. The van der Waals surface area contributed by atoms with Gasteiger partial charge in [-0.2, -0.15) is 0 Å². The van der Waals surface area contributed by atoms with Crippen LogP contribution in [0.2, 0.25) is 0 Å². The molecular formula is C66H44N2O. The van der Waals surface area contributed by atoms with Gasteiger partial charge in [-0.05, 0) is 128 Å². The van der Waals surface area contributed by atoms with E-state index in [1.54, 1.807) is 0 Å². The van der Waals surface area contributed by atoms with E-state index in [4.69, 9.17) is 4.42 Å². The first kappa shape index (κ1) is 40.1. The number of para-hydroxylation sites is 3. The molecule has 2 aromatic heterocycles. The summed E-state index contributed by atoms with van der Waals surface area (Å²) < 4.78 is 8.59. The summed E-state index contributed by atoms with van der Waals surface area (Å²) in [5, 5.41) is 4.81. The largest absolute Gasteiger partial charge is 0.456 e. The Bertz CT molecular complexity index is 3920. The van der Waals surface area contributed by atoms with Crippen molar-refractivity contribution in [3.05, 3.63) is 267 Å². The van der Waals surface area contributed by atoms with Crippen molar-refractivity contribution < 1.29 is 4.42 Å². The monoisotopic (exact) mass is 880 g/mol. The molecule has 0 saturated carbocycles. The van der Waals surface area contributed by atoms with E-state index in [-0.39, 0.29) is 0 Å². The summed E-state index contributed by atoms with van der Waals surface area (Å²) in [6.45, 7) is 0. The van der Waals surface area contributed by atoms with Gasteiger partial charge in [0.15, 0.2) is 0 Å².